The first kappa shape index (κ1) is 10.8. The predicted octanol–water partition coefficient (Wildman–Crippen LogP) is 3.90. The van der Waals surface area contributed by atoms with Crippen molar-refractivity contribution >= 4 is 27.9 Å². The van der Waals surface area contributed by atoms with Crippen molar-refractivity contribution in [3.63, 3.8) is 0 Å². The molecule has 1 saturated carbocycles. The van der Waals surface area contributed by atoms with E-state index in [0.29, 0.717) is 6.04 Å². The summed E-state index contributed by atoms with van der Waals surface area (Å²) in [7, 11) is 0. The van der Waals surface area contributed by atoms with Gasteiger partial charge in [-0.2, -0.15) is 5.26 Å². The summed E-state index contributed by atoms with van der Waals surface area (Å²) in [5, 5.41) is 13.4. The molecule has 0 spiro atoms. The molecule has 1 aliphatic carbocycles. The van der Waals surface area contributed by atoms with Crippen LogP contribution in [0.25, 0.3) is 0 Å². The summed E-state index contributed by atoms with van der Waals surface area (Å²) in [6.45, 7) is 0. The van der Waals surface area contributed by atoms with Gasteiger partial charge in [0.05, 0.1) is 15.4 Å². The highest BCUT2D eigenvalue weighted by molar-refractivity contribution is 7.19. The van der Waals surface area contributed by atoms with E-state index in [9.17, 15) is 0 Å². The van der Waals surface area contributed by atoms with Crippen LogP contribution in [0.4, 0.5) is 5.00 Å². The summed E-state index contributed by atoms with van der Waals surface area (Å²) < 4.78 is 0.822. The summed E-state index contributed by atoms with van der Waals surface area (Å²) in [5.74, 6) is 0.273. The van der Waals surface area contributed by atoms with Gasteiger partial charge < -0.3 is 5.32 Å². The Kier molecular flexibility index (Phi) is 3.50. The zero-order chi connectivity index (χ0) is 10.7. The highest BCUT2D eigenvalue weighted by Gasteiger charge is 2.20. The Morgan fingerprint density at radius 3 is 2.60 bits per heavy atom. The fourth-order valence-electron chi connectivity index (χ4n) is 1.96. The number of nitrogens with one attached hydrogen (secondary N) is 1. The van der Waals surface area contributed by atoms with Crippen molar-refractivity contribution < 1.29 is 0 Å². The van der Waals surface area contributed by atoms with Gasteiger partial charge in [0.15, 0.2) is 0 Å². The van der Waals surface area contributed by atoms with Gasteiger partial charge in [0.1, 0.15) is 0 Å². The van der Waals surface area contributed by atoms with Crippen LogP contribution in [0.3, 0.4) is 0 Å². The first-order valence-electron chi connectivity index (χ1n) is 5.19. The third-order valence-corrected chi connectivity index (χ3v) is 3.99. The molecule has 80 valence electrons. The Labute approximate surface area is 98.9 Å². The average molecular weight is 241 g/mol. The van der Waals surface area contributed by atoms with Gasteiger partial charge in [0.2, 0.25) is 0 Å². The molecule has 0 saturated heterocycles. The topological polar surface area (TPSA) is 35.8 Å². The molecule has 4 heteroatoms. The number of nitriles is 1. The normalized spacial score (nSPS) is 25.9. The van der Waals surface area contributed by atoms with E-state index in [1.165, 1.54) is 0 Å². The van der Waals surface area contributed by atoms with Crippen LogP contribution < -0.4 is 5.32 Å². The minimum Gasteiger partial charge on any atom is -0.374 e. The van der Waals surface area contributed by atoms with Crippen LogP contribution in [-0.2, 0) is 0 Å². The van der Waals surface area contributed by atoms with Crippen molar-refractivity contribution in [1.29, 1.82) is 5.26 Å². The van der Waals surface area contributed by atoms with Gasteiger partial charge in [-0.1, -0.05) is 11.6 Å². The molecule has 1 aromatic rings. The monoisotopic (exact) mass is 240 g/mol. The van der Waals surface area contributed by atoms with E-state index in [1.807, 2.05) is 12.1 Å². The highest BCUT2D eigenvalue weighted by atomic mass is 35.5. The van der Waals surface area contributed by atoms with Gasteiger partial charge in [-0.25, -0.2) is 0 Å². The number of thiophene rings is 1. The molecule has 1 aliphatic rings. The first-order chi connectivity index (χ1) is 7.28. The molecule has 0 unspecified atom stereocenters. The fraction of sp³-hybridized carbons (Fsp3) is 0.545. The van der Waals surface area contributed by atoms with E-state index >= 15 is 0 Å². The van der Waals surface area contributed by atoms with Crippen LogP contribution >= 0.6 is 22.9 Å². The summed E-state index contributed by atoms with van der Waals surface area (Å²) in [4.78, 5) is 0. The maximum atomic E-state index is 8.78. The van der Waals surface area contributed by atoms with Crippen molar-refractivity contribution in [2.45, 2.75) is 31.7 Å². The Morgan fingerprint density at radius 2 is 2.07 bits per heavy atom. The van der Waals surface area contributed by atoms with Crippen LogP contribution in [0, 0.1) is 17.2 Å². The lowest BCUT2D eigenvalue weighted by molar-refractivity contribution is 0.398. The van der Waals surface area contributed by atoms with Crippen LogP contribution in [0.5, 0.6) is 0 Å². The van der Waals surface area contributed by atoms with E-state index in [0.717, 1.165) is 35.0 Å². The molecule has 15 heavy (non-hydrogen) atoms. The second-order valence-electron chi connectivity index (χ2n) is 3.93. The molecule has 0 bridgehead atoms. The molecule has 0 radical (unpaired) electrons. The Morgan fingerprint density at radius 1 is 1.33 bits per heavy atom. The minimum absolute atomic E-state index is 0.273. The Balaban J connectivity index is 1.85. The number of nitrogens with zero attached hydrogens (tertiary/aromatic N) is 1. The van der Waals surface area contributed by atoms with E-state index < -0.39 is 0 Å². The SMILES string of the molecule is N#CC1CCC(Nc2ccc(Cl)s2)CC1. The lowest BCUT2D eigenvalue weighted by atomic mass is 9.87. The zero-order valence-corrected chi connectivity index (χ0v) is 9.94. The van der Waals surface area contributed by atoms with Gasteiger partial charge in [0, 0.05) is 12.0 Å². The fourth-order valence-corrected chi connectivity index (χ4v) is 2.98. The van der Waals surface area contributed by atoms with E-state index in [2.05, 4.69) is 11.4 Å². The maximum absolute atomic E-state index is 8.78. The third kappa shape index (κ3) is 2.87. The summed E-state index contributed by atoms with van der Waals surface area (Å²) in [6.07, 6.45) is 4.22. The molecule has 0 amide bonds. The summed E-state index contributed by atoms with van der Waals surface area (Å²) >= 11 is 7.44. The molecular formula is C11H13ClN2S. The van der Waals surface area contributed by atoms with E-state index in [4.69, 9.17) is 16.9 Å². The molecule has 1 heterocycles. The van der Waals surface area contributed by atoms with E-state index in [1.54, 1.807) is 11.3 Å². The number of hydrogen-bond donors (Lipinski definition) is 1. The van der Waals surface area contributed by atoms with Crippen molar-refractivity contribution in [3.8, 4) is 6.07 Å². The average Bonchev–Trinajstić information content (AvgIpc) is 2.65. The summed E-state index contributed by atoms with van der Waals surface area (Å²) in [6, 6.07) is 6.79. The van der Waals surface area contributed by atoms with Gasteiger partial charge in [0.25, 0.3) is 0 Å². The third-order valence-electron chi connectivity index (χ3n) is 2.83. The molecule has 1 aromatic heterocycles. The number of halogens is 1. The standard InChI is InChI=1S/C11H13ClN2S/c12-10-5-6-11(15-10)14-9-3-1-8(7-13)2-4-9/h5-6,8-9,14H,1-4H2. The number of hydrogen-bond acceptors (Lipinski definition) is 3. The van der Waals surface area contributed by atoms with Crippen LogP contribution in [0.1, 0.15) is 25.7 Å². The first-order valence-corrected chi connectivity index (χ1v) is 6.39. The molecule has 1 N–H and O–H groups in total. The van der Waals surface area contributed by atoms with Crippen LogP contribution in [-0.4, -0.2) is 6.04 Å². The highest BCUT2D eigenvalue weighted by Crippen LogP contribution is 2.30. The number of rotatable bonds is 2. The lowest BCUT2D eigenvalue weighted by Crippen LogP contribution is -2.25. The van der Waals surface area contributed by atoms with Gasteiger partial charge >= 0.3 is 0 Å². The molecule has 2 nitrogen and oxygen atoms in total. The van der Waals surface area contributed by atoms with E-state index in [-0.39, 0.29) is 5.92 Å². The van der Waals surface area contributed by atoms with Gasteiger partial charge in [-0.05, 0) is 37.8 Å². The van der Waals surface area contributed by atoms with Gasteiger partial charge in [-0.15, -0.1) is 11.3 Å². The minimum atomic E-state index is 0.273. The van der Waals surface area contributed by atoms with Crippen LogP contribution in [0.2, 0.25) is 4.34 Å². The number of anilines is 1. The molecule has 2 rings (SSSR count). The zero-order valence-electron chi connectivity index (χ0n) is 8.37. The lowest BCUT2D eigenvalue weighted by Gasteiger charge is -2.25. The smallest absolute Gasteiger partial charge is 0.0950 e. The molecule has 0 aromatic carbocycles. The quantitative estimate of drug-likeness (QED) is 0.851. The Bertz CT molecular complexity index is 361. The second-order valence-corrected chi connectivity index (χ2v) is 5.64. The molecule has 1 fully saturated rings. The molecular weight excluding hydrogens is 228 g/mol. The predicted molar refractivity (Wildman–Crippen MR) is 64.3 cm³/mol. The summed E-state index contributed by atoms with van der Waals surface area (Å²) in [5.41, 5.74) is 0. The Hall–Kier alpha value is -0.720. The van der Waals surface area contributed by atoms with Crippen molar-refractivity contribution in [1.82, 2.24) is 0 Å². The molecule has 0 aliphatic heterocycles. The van der Waals surface area contributed by atoms with Crippen LogP contribution in [0.15, 0.2) is 12.1 Å². The van der Waals surface area contributed by atoms with Crippen molar-refractivity contribution in [2.24, 2.45) is 5.92 Å². The van der Waals surface area contributed by atoms with Gasteiger partial charge in [-0.3, -0.25) is 0 Å². The molecule has 0 atom stereocenters. The second kappa shape index (κ2) is 4.87. The van der Waals surface area contributed by atoms with Crippen molar-refractivity contribution in [2.75, 3.05) is 5.32 Å². The van der Waals surface area contributed by atoms with Crippen molar-refractivity contribution in [3.05, 3.63) is 16.5 Å². The maximum Gasteiger partial charge on any atom is 0.0950 e. The largest absolute Gasteiger partial charge is 0.374 e.